The van der Waals surface area contributed by atoms with Crippen molar-refractivity contribution in [1.82, 2.24) is 10.2 Å². The van der Waals surface area contributed by atoms with Gasteiger partial charge in [-0.1, -0.05) is 88.1 Å². The molecule has 39 heavy (non-hydrogen) atoms. The van der Waals surface area contributed by atoms with Crippen LogP contribution >= 0.6 is 0 Å². The number of benzene rings is 2. The summed E-state index contributed by atoms with van der Waals surface area (Å²) in [6.07, 6.45) is 2.64. The molecular weight excluding hydrogens is 490 g/mol. The molecular formula is C32H47N3O4. The summed E-state index contributed by atoms with van der Waals surface area (Å²) in [7, 11) is 0. The number of nitrogens with one attached hydrogen (secondary N) is 2. The van der Waals surface area contributed by atoms with E-state index >= 15 is 0 Å². The van der Waals surface area contributed by atoms with Gasteiger partial charge in [-0.05, 0) is 64.2 Å². The highest BCUT2D eigenvalue weighted by Crippen LogP contribution is 2.28. The van der Waals surface area contributed by atoms with Gasteiger partial charge >= 0.3 is 6.09 Å². The standard InChI is InChI=1S/C32H47N3O4/c1-9-11-14-20-35(30(37)27(23(4)10-2)34-31(38)39-32(6,7)8)28(25-18-15-16-22(3)21-25)29(36)33-26-19-13-12-17-24(26)5/h12-13,15-19,21,23,27-28H,9-11,14,20H2,1-8H3,(H,33,36)(H,34,38). The predicted molar refractivity (Wildman–Crippen MR) is 158 cm³/mol. The molecule has 0 fully saturated rings. The van der Waals surface area contributed by atoms with E-state index in [9.17, 15) is 14.4 Å². The van der Waals surface area contributed by atoms with Crippen LogP contribution in [0, 0.1) is 19.8 Å². The van der Waals surface area contributed by atoms with Crippen molar-refractivity contribution in [3.8, 4) is 0 Å². The molecule has 2 aromatic rings. The van der Waals surface area contributed by atoms with E-state index in [1.165, 1.54) is 0 Å². The summed E-state index contributed by atoms with van der Waals surface area (Å²) in [5.41, 5.74) is 2.65. The minimum atomic E-state index is -0.874. The van der Waals surface area contributed by atoms with Gasteiger partial charge in [0.1, 0.15) is 17.7 Å². The van der Waals surface area contributed by atoms with E-state index in [1.807, 2.05) is 76.2 Å². The maximum Gasteiger partial charge on any atom is 0.408 e. The van der Waals surface area contributed by atoms with Gasteiger partial charge in [0.05, 0.1) is 0 Å². The van der Waals surface area contributed by atoms with E-state index in [4.69, 9.17) is 4.74 Å². The molecule has 0 aliphatic heterocycles. The van der Waals surface area contributed by atoms with Gasteiger partial charge in [0.25, 0.3) is 5.91 Å². The van der Waals surface area contributed by atoms with Gasteiger partial charge in [-0.15, -0.1) is 0 Å². The Morgan fingerprint density at radius 1 is 0.974 bits per heavy atom. The molecule has 0 saturated carbocycles. The molecule has 2 rings (SSSR count). The van der Waals surface area contributed by atoms with Crippen LogP contribution < -0.4 is 10.6 Å². The Hall–Kier alpha value is -3.35. The molecule has 0 saturated heterocycles. The first-order valence-corrected chi connectivity index (χ1v) is 14.1. The largest absolute Gasteiger partial charge is 0.444 e. The highest BCUT2D eigenvalue weighted by molar-refractivity contribution is 5.99. The lowest BCUT2D eigenvalue weighted by molar-refractivity contribution is -0.142. The van der Waals surface area contributed by atoms with E-state index in [1.54, 1.807) is 25.7 Å². The van der Waals surface area contributed by atoms with E-state index in [2.05, 4.69) is 17.6 Å². The smallest absolute Gasteiger partial charge is 0.408 e. The number of hydrogen-bond acceptors (Lipinski definition) is 4. The van der Waals surface area contributed by atoms with E-state index in [-0.39, 0.29) is 17.7 Å². The lowest BCUT2D eigenvalue weighted by Crippen LogP contribution is -2.55. The number of amides is 3. The van der Waals surface area contributed by atoms with E-state index in [0.29, 0.717) is 18.7 Å². The first-order valence-electron chi connectivity index (χ1n) is 14.1. The van der Waals surface area contributed by atoms with Crippen LogP contribution in [0.4, 0.5) is 10.5 Å². The average Bonchev–Trinajstić information content (AvgIpc) is 2.86. The molecule has 0 bridgehead atoms. The minimum Gasteiger partial charge on any atom is -0.444 e. The van der Waals surface area contributed by atoms with Crippen LogP contribution in [0.25, 0.3) is 0 Å². The third-order valence-electron chi connectivity index (χ3n) is 6.76. The van der Waals surface area contributed by atoms with E-state index in [0.717, 1.165) is 36.0 Å². The third kappa shape index (κ3) is 9.72. The molecule has 0 aliphatic carbocycles. The Morgan fingerprint density at radius 3 is 2.26 bits per heavy atom. The van der Waals surface area contributed by atoms with E-state index < -0.39 is 23.8 Å². The number of nitrogens with zero attached hydrogens (tertiary/aromatic N) is 1. The summed E-state index contributed by atoms with van der Waals surface area (Å²) >= 11 is 0. The summed E-state index contributed by atoms with van der Waals surface area (Å²) in [6.45, 7) is 15.6. The SMILES string of the molecule is CCCCCN(C(=O)C(NC(=O)OC(C)(C)C)C(C)CC)C(C(=O)Nc1ccccc1C)c1cccc(C)c1. The van der Waals surface area contributed by atoms with Crippen LogP contribution in [0.15, 0.2) is 48.5 Å². The molecule has 7 heteroatoms. The van der Waals surface area contributed by atoms with Gasteiger partial charge in [0, 0.05) is 12.2 Å². The summed E-state index contributed by atoms with van der Waals surface area (Å²) < 4.78 is 5.49. The number of carbonyl (C=O) groups is 3. The van der Waals surface area contributed by atoms with Crippen molar-refractivity contribution in [2.24, 2.45) is 5.92 Å². The molecule has 0 aromatic heterocycles. The molecule has 2 aromatic carbocycles. The second-order valence-corrected chi connectivity index (χ2v) is 11.4. The summed E-state index contributed by atoms with van der Waals surface area (Å²) in [5.74, 6) is -0.756. The van der Waals surface area contributed by atoms with Crippen molar-refractivity contribution in [1.29, 1.82) is 0 Å². The first-order chi connectivity index (χ1) is 18.4. The van der Waals surface area contributed by atoms with Crippen LogP contribution in [0.2, 0.25) is 0 Å². The molecule has 214 valence electrons. The molecule has 7 nitrogen and oxygen atoms in total. The third-order valence-corrected chi connectivity index (χ3v) is 6.76. The fraction of sp³-hybridized carbons (Fsp3) is 0.531. The van der Waals surface area contributed by atoms with Crippen molar-refractivity contribution in [2.45, 2.75) is 98.8 Å². The molecule has 2 N–H and O–H groups in total. The molecule has 3 amide bonds. The second-order valence-electron chi connectivity index (χ2n) is 11.4. The fourth-order valence-electron chi connectivity index (χ4n) is 4.42. The number of carbonyl (C=O) groups excluding carboxylic acids is 3. The Balaban J connectivity index is 2.56. The number of aryl methyl sites for hydroxylation is 2. The highest BCUT2D eigenvalue weighted by Gasteiger charge is 2.38. The van der Waals surface area contributed by atoms with Crippen molar-refractivity contribution in [2.75, 3.05) is 11.9 Å². The predicted octanol–water partition coefficient (Wildman–Crippen LogP) is 6.94. The number of ether oxygens (including phenoxy) is 1. The number of para-hydroxylation sites is 1. The number of anilines is 1. The summed E-state index contributed by atoms with van der Waals surface area (Å²) in [6, 6.07) is 13.6. The Morgan fingerprint density at radius 2 is 1.67 bits per heavy atom. The Labute approximate surface area is 234 Å². The summed E-state index contributed by atoms with van der Waals surface area (Å²) in [4.78, 5) is 42.8. The monoisotopic (exact) mass is 537 g/mol. The van der Waals surface area contributed by atoms with Crippen molar-refractivity contribution in [3.05, 3.63) is 65.2 Å². The number of rotatable bonds is 12. The van der Waals surface area contributed by atoms with Crippen LogP contribution in [0.3, 0.4) is 0 Å². The van der Waals surface area contributed by atoms with Crippen LogP contribution in [0.5, 0.6) is 0 Å². The first kappa shape index (κ1) is 31.9. The van der Waals surface area contributed by atoms with Gasteiger partial charge in [-0.3, -0.25) is 9.59 Å². The van der Waals surface area contributed by atoms with Crippen LogP contribution in [-0.4, -0.2) is 41.0 Å². The van der Waals surface area contributed by atoms with Gasteiger partial charge in [-0.2, -0.15) is 0 Å². The van der Waals surface area contributed by atoms with Gasteiger partial charge < -0.3 is 20.3 Å². The lowest BCUT2D eigenvalue weighted by atomic mass is 9.95. The lowest BCUT2D eigenvalue weighted by Gasteiger charge is -2.36. The number of alkyl carbamates (subject to hydrolysis) is 1. The zero-order chi connectivity index (χ0) is 29.2. The zero-order valence-electron chi connectivity index (χ0n) is 25.0. The molecule has 0 radical (unpaired) electrons. The van der Waals surface area contributed by atoms with Crippen molar-refractivity contribution in [3.63, 3.8) is 0 Å². The Kier molecular flexibility index (Phi) is 12.0. The average molecular weight is 538 g/mol. The van der Waals surface area contributed by atoms with Crippen molar-refractivity contribution < 1.29 is 19.1 Å². The van der Waals surface area contributed by atoms with Gasteiger partial charge in [0.2, 0.25) is 5.91 Å². The molecule has 0 heterocycles. The molecule has 3 atom stereocenters. The molecule has 0 spiro atoms. The second kappa shape index (κ2) is 14.7. The number of hydrogen-bond donors (Lipinski definition) is 2. The fourth-order valence-corrected chi connectivity index (χ4v) is 4.42. The van der Waals surface area contributed by atoms with Gasteiger partial charge in [-0.25, -0.2) is 4.79 Å². The van der Waals surface area contributed by atoms with Crippen molar-refractivity contribution >= 4 is 23.6 Å². The van der Waals surface area contributed by atoms with Gasteiger partial charge in [0.15, 0.2) is 0 Å². The number of unbranched alkanes of at least 4 members (excludes halogenated alkanes) is 2. The van der Waals surface area contributed by atoms with Crippen LogP contribution in [-0.2, 0) is 14.3 Å². The van der Waals surface area contributed by atoms with Crippen LogP contribution in [0.1, 0.15) is 90.0 Å². The molecule has 0 aliphatic rings. The molecule has 3 unspecified atom stereocenters. The Bertz CT molecular complexity index is 1110. The maximum absolute atomic E-state index is 14.3. The topological polar surface area (TPSA) is 87.7 Å². The quantitative estimate of drug-likeness (QED) is 0.287. The zero-order valence-corrected chi connectivity index (χ0v) is 25.0. The highest BCUT2D eigenvalue weighted by atomic mass is 16.6. The maximum atomic E-state index is 14.3. The normalized spacial score (nSPS) is 13.6. The summed E-state index contributed by atoms with van der Waals surface area (Å²) in [5, 5.41) is 5.89. The minimum absolute atomic E-state index is 0.170.